The van der Waals surface area contributed by atoms with E-state index in [4.69, 9.17) is 9.72 Å². The molecule has 186 valence electrons. The zero-order valence-corrected chi connectivity index (χ0v) is 21.1. The molecule has 2 heterocycles. The van der Waals surface area contributed by atoms with Crippen molar-refractivity contribution in [1.82, 2.24) is 25.1 Å². The van der Waals surface area contributed by atoms with Crippen LogP contribution >= 0.6 is 0 Å². The van der Waals surface area contributed by atoms with Crippen LogP contribution in [-0.4, -0.2) is 39.2 Å². The van der Waals surface area contributed by atoms with E-state index in [-0.39, 0.29) is 0 Å². The molecule has 5 rings (SSSR count). The van der Waals surface area contributed by atoms with Gasteiger partial charge in [-0.2, -0.15) is 5.10 Å². The van der Waals surface area contributed by atoms with Crippen molar-refractivity contribution in [2.45, 2.75) is 19.7 Å². The molecule has 0 aliphatic rings. The van der Waals surface area contributed by atoms with Crippen LogP contribution in [0.3, 0.4) is 0 Å². The van der Waals surface area contributed by atoms with E-state index in [1.807, 2.05) is 48.5 Å². The van der Waals surface area contributed by atoms with Gasteiger partial charge in [-0.3, -0.25) is 5.10 Å². The van der Waals surface area contributed by atoms with Crippen LogP contribution in [0, 0.1) is 0 Å². The van der Waals surface area contributed by atoms with Gasteiger partial charge in [0, 0.05) is 30.4 Å². The molecule has 2 N–H and O–H groups in total. The molecule has 3 aromatic carbocycles. The SMILES string of the molecule is CN(C)Cc1ccc(CNc2nccc(-c3cn[nH]c3-c3cccc(OCc4ccccc4)c3)n2)cc1. The summed E-state index contributed by atoms with van der Waals surface area (Å²) in [5.74, 6) is 1.37. The molecule has 0 unspecified atom stereocenters. The largest absolute Gasteiger partial charge is 0.489 e. The average molecular weight is 491 g/mol. The highest BCUT2D eigenvalue weighted by Crippen LogP contribution is 2.31. The Morgan fingerprint density at radius 1 is 0.865 bits per heavy atom. The van der Waals surface area contributed by atoms with Gasteiger partial charge in [-0.05, 0) is 49.0 Å². The number of aromatic nitrogens is 4. The highest BCUT2D eigenvalue weighted by molar-refractivity contribution is 5.79. The molecule has 0 aliphatic carbocycles. The van der Waals surface area contributed by atoms with Crippen molar-refractivity contribution >= 4 is 5.95 Å². The van der Waals surface area contributed by atoms with E-state index in [2.05, 4.69) is 75.9 Å². The lowest BCUT2D eigenvalue weighted by molar-refractivity contribution is 0.306. The Balaban J connectivity index is 1.28. The normalized spacial score (nSPS) is 11.0. The zero-order valence-electron chi connectivity index (χ0n) is 21.1. The number of benzene rings is 3. The molecule has 7 heteroatoms. The lowest BCUT2D eigenvalue weighted by Crippen LogP contribution is -2.10. The maximum absolute atomic E-state index is 6.02. The van der Waals surface area contributed by atoms with Gasteiger partial charge in [-0.25, -0.2) is 9.97 Å². The monoisotopic (exact) mass is 490 g/mol. The molecule has 0 radical (unpaired) electrons. The number of rotatable bonds is 10. The van der Waals surface area contributed by atoms with Crippen LogP contribution in [-0.2, 0) is 19.7 Å². The van der Waals surface area contributed by atoms with Gasteiger partial charge in [0.25, 0.3) is 0 Å². The van der Waals surface area contributed by atoms with Crippen LogP contribution in [0.25, 0.3) is 22.5 Å². The third-order valence-electron chi connectivity index (χ3n) is 5.91. The van der Waals surface area contributed by atoms with E-state index in [1.165, 1.54) is 11.1 Å². The summed E-state index contributed by atoms with van der Waals surface area (Å²) >= 11 is 0. The van der Waals surface area contributed by atoms with Crippen LogP contribution in [0.5, 0.6) is 5.75 Å². The van der Waals surface area contributed by atoms with Gasteiger partial charge in [0.1, 0.15) is 12.4 Å². The third kappa shape index (κ3) is 6.39. The smallest absolute Gasteiger partial charge is 0.223 e. The number of nitrogens with zero attached hydrogens (tertiary/aromatic N) is 4. The molecule has 0 saturated carbocycles. The summed E-state index contributed by atoms with van der Waals surface area (Å²) in [6.45, 7) is 2.08. The topological polar surface area (TPSA) is 79.0 Å². The first-order valence-corrected chi connectivity index (χ1v) is 12.2. The van der Waals surface area contributed by atoms with Gasteiger partial charge >= 0.3 is 0 Å². The summed E-state index contributed by atoms with van der Waals surface area (Å²) in [4.78, 5) is 11.3. The minimum Gasteiger partial charge on any atom is -0.489 e. The first-order chi connectivity index (χ1) is 18.1. The predicted molar refractivity (Wildman–Crippen MR) is 147 cm³/mol. The highest BCUT2D eigenvalue weighted by Gasteiger charge is 2.13. The van der Waals surface area contributed by atoms with Gasteiger partial charge in [-0.1, -0.05) is 66.7 Å². The lowest BCUT2D eigenvalue weighted by atomic mass is 10.1. The van der Waals surface area contributed by atoms with Crippen LogP contribution in [0.4, 0.5) is 5.95 Å². The minimum absolute atomic E-state index is 0.513. The molecule has 37 heavy (non-hydrogen) atoms. The van der Waals surface area contributed by atoms with Gasteiger partial charge in [0.2, 0.25) is 5.95 Å². The molecule has 0 atom stereocenters. The standard InChI is InChI=1S/C30H30N6O/c1-36(2)20-23-13-11-22(12-14-23)18-32-30-31-16-15-28(34-30)27-19-33-35-29(27)25-9-6-10-26(17-25)37-21-24-7-4-3-5-8-24/h3-17,19H,18,20-21H2,1-2H3,(H,33,35)(H,31,32,34). The fourth-order valence-corrected chi connectivity index (χ4v) is 4.09. The molecule has 0 aliphatic heterocycles. The predicted octanol–water partition coefficient (Wildman–Crippen LogP) is 5.79. The first kappa shape index (κ1) is 24.2. The lowest BCUT2D eigenvalue weighted by Gasteiger charge is -2.11. The molecule has 0 amide bonds. The number of H-pyrrole nitrogens is 1. The number of ether oxygens (including phenoxy) is 1. The molecule has 0 fully saturated rings. The zero-order chi connectivity index (χ0) is 25.5. The van der Waals surface area contributed by atoms with Gasteiger partial charge in [0.05, 0.1) is 17.6 Å². The van der Waals surface area contributed by atoms with Crippen LogP contribution in [0.1, 0.15) is 16.7 Å². The van der Waals surface area contributed by atoms with Crippen molar-refractivity contribution in [2.24, 2.45) is 0 Å². The van der Waals surface area contributed by atoms with Crippen molar-refractivity contribution in [3.05, 3.63) is 114 Å². The second kappa shape index (κ2) is 11.5. The summed E-state index contributed by atoms with van der Waals surface area (Å²) in [5.41, 5.74) is 7.13. The summed E-state index contributed by atoms with van der Waals surface area (Å²) in [7, 11) is 4.14. The molecular formula is C30H30N6O. The van der Waals surface area contributed by atoms with E-state index < -0.39 is 0 Å². The summed E-state index contributed by atoms with van der Waals surface area (Å²) in [6, 6.07) is 28.6. The van der Waals surface area contributed by atoms with Crippen molar-refractivity contribution in [3.63, 3.8) is 0 Å². The van der Waals surface area contributed by atoms with Crippen molar-refractivity contribution < 1.29 is 4.74 Å². The van der Waals surface area contributed by atoms with E-state index in [0.717, 1.165) is 40.4 Å². The molecule has 2 aromatic heterocycles. The Morgan fingerprint density at radius 3 is 2.49 bits per heavy atom. The van der Waals surface area contributed by atoms with E-state index in [9.17, 15) is 0 Å². The maximum Gasteiger partial charge on any atom is 0.223 e. The van der Waals surface area contributed by atoms with Gasteiger partial charge in [-0.15, -0.1) is 0 Å². The molecule has 7 nitrogen and oxygen atoms in total. The van der Waals surface area contributed by atoms with Crippen LogP contribution in [0.15, 0.2) is 97.3 Å². The molecule has 0 saturated heterocycles. The fourth-order valence-electron chi connectivity index (χ4n) is 4.09. The molecule has 0 bridgehead atoms. The minimum atomic E-state index is 0.513. The summed E-state index contributed by atoms with van der Waals surface area (Å²) < 4.78 is 6.02. The average Bonchev–Trinajstić information content (AvgIpc) is 3.43. The highest BCUT2D eigenvalue weighted by atomic mass is 16.5. The van der Waals surface area contributed by atoms with Crippen molar-refractivity contribution in [2.75, 3.05) is 19.4 Å². The quantitative estimate of drug-likeness (QED) is 0.258. The Morgan fingerprint density at radius 2 is 1.68 bits per heavy atom. The number of hydrogen-bond acceptors (Lipinski definition) is 6. The second-order valence-corrected chi connectivity index (χ2v) is 9.13. The number of anilines is 1. The number of aromatic amines is 1. The summed E-state index contributed by atoms with van der Waals surface area (Å²) in [6.07, 6.45) is 3.56. The summed E-state index contributed by atoms with van der Waals surface area (Å²) in [5, 5.41) is 10.8. The van der Waals surface area contributed by atoms with Gasteiger partial charge in [0.15, 0.2) is 0 Å². The molecule has 0 spiro atoms. The van der Waals surface area contributed by atoms with Crippen molar-refractivity contribution in [1.29, 1.82) is 0 Å². The van der Waals surface area contributed by atoms with Crippen LogP contribution in [0.2, 0.25) is 0 Å². The Bertz CT molecular complexity index is 1430. The number of hydrogen-bond donors (Lipinski definition) is 2. The molecular weight excluding hydrogens is 460 g/mol. The van der Waals surface area contributed by atoms with E-state index in [0.29, 0.717) is 19.1 Å². The third-order valence-corrected chi connectivity index (χ3v) is 5.91. The van der Waals surface area contributed by atoms with E-state index in [1.54, 1.807) is 12.4 Å². The number of nitrogens with one attached hydrogen (secondary N) is 2. The second-order valence-electron chi connectivity index (χ2n) is 9.13. The van der Waals surface area contributed by atoms with E-state index >= 15 is 0 Å². The first-order valence-electron chi connectivity index (χ1n) is 12.2. The maximum atomic E-state index is 6.02. The fraction of sp³-hybridized carbons (Fsp3) is 0.167. The molecule has 5 aromatic rings. The Labute approximate surface area is 217 Å². The van der Waals surface area contributed by atoms with Gasteiger partial charge < -0.3 is 15.0 Å². The Hall–Kier alpha value is -4.49. The van der Waals surface area contributed by atoms with Crippen LogP contribution < -0.4 is 10.1 Å². The van der Waals surface area contributed by atoms with Crippen molar-refractivity contribution in [3.8, 4) is 28.3 Å². The Kier molecular flexibility index (Phi) is 7.52.